The Morgan fingerprint density at radius 2 is 1.76 bits per heavy atom. The molecule has 3 N–H and O–H groups in total. The quantitative estimate of drug-likeness (QED) is 0.521. The molecule has 3 atom stereocenters. The van der Waals surface area contributed by atoms with E-state index in [0.717, 1.165) is 44.0 Å². The Kier molecular flexibility index (Phi) is 8.20. The van der Waals surface area contributed by atoms with Crippen molar-refractivity contribution in [2.45, 2.75) is 108 Å². The maximum absolute atomic E-state index is 13.8. The van der Waals surface area contributed by atoms with E-state index in [-0.39, 0.29) is 23.6 Å². The van der Waals surface area contributed by atoms with Gasteiger partial charge in [-0.05, 0) is 63.5 Å². The minimum Gasteiger partial charge on any atom is -0.451 e. The summed E-state index contributed by atoms with van der Waals surface area (Å²) in [6.45, 7) is 3.87. The van der Waals surface area contributed by atoms with Crippen molar-refractivity contribution in [1.29, 1.82) is 0 Å². The number of carbonyl (C=O) groups is 2. The highest BCUT2D eigenvalue weighted by atomic mass is 16.3. The van der Waals surface area contributed by atoms with Gasteiger partial charge in [-0.2, -0.15) is 0 Å². The van der Waals surface area contributed by atoms with Crippen molar-refractivity contribution >= 4 is 22.8 Å². The second kappa shape index (κ2) is 11.6. The zero-order valence-corrected chi connectivity index (χ0v) is 22.2. The molecule has 3 aliphatic rings. The molecule has 2 saturated carbocycles. The van der Waals surface area contributed by atoms with Gasteiger partial charge >= 0.3 is 0 Å². The molecule has 1 aliphatic heterocycles. The molecule has 2 amide bonds. The zero-order chi connectivity index (χ0) is 25.8. The molecular formula is C30H43N3O4. The van der Waals surface area contributed by atoms with Crippen molar-refractivity contribution in [3.05, 3.63) is 36.1 Å². The smallest absolute Gasteiger partial charge is 0.287 e. The van der Waals surface area contributed by atoms with E-state index < -0.39 is 11.6 Å². The molecule has 1 saturated heterocycles. The lowest BCUT2D eigenvalue weighted by atomic mass is 9.80. The van der Waals surface area contributed by atoms with E-state index >= 15 is 0 Å². The Bertz CT molecular complexity index is 1040. The van der Waals surface area contributed by atoms with Gasteiger partial charge in [0, 0.05) is 24.5 Å². The van der Waals surface area contributed by atoms with Gasteiger partial charge in [0.05, 0.1) is 12.1 Å². The molecule has 1 aromatic heterocycles. The highest BCUT2D eigenvalue weighted by Crippen LogP contribution is 2.31. The second-order valence-corrected chi connectivity index (χ2v) is 11.8. The first-order chi connectivity index (χ1) is 17.9. The highest BCUT2D eigenvalue weighted by molar-refractivity contribution is 6.00. The van der Waals surface area contributed by atoms with Crippen LogP contribution in [0.5, 0.6) is 0 Å². The molecule has 0 radical (unpaired) electrons. The van der Waals surface area contributed by atoms with Gasteiger partial charge in [-0.1, -0.05) is 56.7 Å². The summed E-state index contributed by atoms with van der Waals surface area (Å²) in [5.74, 6) is 0.408. The van der Waals surface area contributed by atoms with Crippen LogP contribution in [0.4, 0.5) is 0 Å². The summed E-state index contributed by atoms with van der Waals surface area (Å²) in [5, 5.41) is 18.3. The first-order valence-electron chi connectivity index (χ1n) is 14.5. The molecule has 5 rings (SSSR count). The first-order valence-corrected chi connectivity index (χ1v) is 14.5. The second-order valence-electron chi connectivity index (χ2n) is 11.8. The maximum atomic E-state index is 13.8. The standard InChI is InChI=1S/C30H43N3O4/c1-21-14-15-24(25(34)20-33(21)19-22-10-4-2-5-11-22)31-29(36)30(16-8-3-9-17-30)32-28(35)27-18-23-12-6-7-13-26(23)37-27/h6-7,12-13,18,21-22,24-25,34H,2-5,8-11,14-17,19-20H2,1H3,(H,31,36)(H,32,35)/t21-,24+,25+/m1/s1. The number of nitrogens with zero attached hydrogens (tertiary/aromatic N) is 1. The van der Waals surface area contributed by atoms with E-state index in [4.69, 9.17) is 4.42 Å². The number of furan rings is 1. The van der Waals surface area contributed by atoms with Crippen LogP contribution >= 0.6 is 0 Å². The maximum Gasteiger partial charge on any atom is 0.287 e. The Labute approximate surface area is 220 Å². The number of benzene rings is 1. The van der Waals surface area contributed by atoms with E-state index in [1.165, 1.54) is 32.1 Å². The van der Waals surface area contributed by atoms with Gasteiger partial charge < -0.3 is 20.2 Å². The fourth-order valence-corrected chi connectivity index (χ4v) is 6.71. The largest absolute Gasteiger partial charge is 0.451 e. The summed E-state index contributed by atoms with van der Waals surface area (Å²) in [6.07, 6.45) is 11.6. The lowest BCUT2D eigenvalue weighted by Crippen LogP contribution is -2.62. The average Bonchev–Trinajstić information content (AvgIpc) is 3.31. The molecule has 7 heteroatoms. The van der Waals surface area contributed by atoms with E-state index in [0.29, 0.717) is 36.9 Å². The third-order valence-corrected chi connectivity index (χ3v) is 9.08. The minimum absolute atomic E-state index is 0.172. The fraction of sp³-hybridized carbons (Fsp3) is 0.667. The molecule has 0 spiro atoms. The Morgan fingerprint density at radius 1 is 1.03 bits per heavy atom. The number of aliphatic hydroxyl groups excluding tert-OH is 1. The molecule has 3 fully saturated rings. The Hall–Kier alpha value is -2.38. The van der Waals surface area contributed by atoms with Gasteiger partial charge in [-0.3, -0.25) is 14.5 Å². The van der Waals surface area contributed by atoms with Gasteiger partial charge in [0.1, 0.15) is 11.1 Å². The van der Waals surface area contributed by atoms with Crippen LogP contribution < -0.4 is 10.6 Å². The lowest BCUT2D eigenvalue weighted by molar-refractivity contribution is -0.130. The summed E-state index contributed by atoms with van der Waals surface area (Å²) in [7, 11) is 0. The lowest BCUT2D eigenvalue weighted by Gasteiger charge is -2.38. The first kappa shape index (κ1) is 26.2. The van der Waals surface area contributed by atoms with Crippen molar-refractivity contribution in [2.24, 2.45) is 5.92 Å². The fourth-order valence-electron chi connectivity index (χ4n) is 6.71. The van der Waals surface area contributed by atoms with E-state index in [9.17, 15) is 14.7 Å². The van der Waals surface area contributed by atoms with E-state index in [1.54, 1.807) is 6.07 Å². The number of nitrogens with one attached hydrogen (secondary N) is 2. The number of likely N-dealkylation sites (tertiary alicyclic amines) is 1. The molecule has 2 aliphatic carbocycles. The van der Waals surface area contributed by atoms with Crippen LogP contribution in [0.25, 0.3) is 11.0 Å². The summed E-state index contributed by atoms with van der Waals surface area (Å²) in [6, 6.07) is 9.33. The predicted molar refractivity (Wildman–Crippen MR) is 144 cm³/mol. The van der Waals surface area contributed by atoms with Crippen LogP contribution in [0.15, 0.2) is 34.7 Å². The summed E-state index contributed by atoms with van der Waals surface area (Å²) >= 11 is 0. The van der Waals surface area contributed by atoms with Gasteiger partial charge in [0.2, 0.25) is 5.91 Å². The van der Waals surface area contributed by atoms with Gasteiger partial charge in [0.25, 0.3) is 5.91 Å². The van der Waals surface area contributed by atoms with Gasteiger partial charge in [-0.15, -0.1) is 0 Å². The number of hydrogen-bond donors (Lipinski definition) is 3. The summed E-state index contributed by atoms with van der Waals surface area (Å²) in [5.41, 5.74) is -0.323. The number of para-hydroxylation sites is 1. The van der Waals surface area contributed by atoms with E-state index in [2.05, 4.69) is 22.5 Å². The monoisotopic (exact) mass is 509 g/mol. The van der Waals surface area contributed by atoms with Crippen molar-refractivity contribution in [1.82, 2.24) is 15.5 Å². The topological polar surface area (TPSA) is 94.8 Å². The van der Waals surface area contributed by atoms with E-state index in [1.807, 2.05) is 24.3 Å². The molecule has 1 aromatic carbocycles. The van der Waals surface area contributed by atoms with Crippen LogP contribution in [-0.2, 0) is 4.79 Å². The predicted octanol–water partition coefficient (Wildman–Crippen LogP) is 4.78. The van der Waals surface area contributed by atoms with Crippen LogP contribution in [0.3, 0.4) is 0 Å². The molecule has 0 bridgehead atoms. The third kappa shape index (κ3) is 6.04. The number of β-amino-alcohol motifs (C(OH)–C–C–N with tert-alkyl or cyclic N) is 1. The molecular weight excluding hydrogens is 466 g/mol. The number of amides is 2. The molecule has 2 heterocycles. The summed E-state index contributed by atoms with van der Waals surface area (Å²) < 4.78 is 5.78. The third-order valence-electron chi connectivity index (χ3n) is 9.08. The van der Waals surface area contributed by atoms with Gasteiger partial charge in [-0.25, -0.2) is 0 Å². The number of fused-ring (bicyclic) bond motifs is 1. The Balaban J connectivity index is 1.26. The van der Waals surface area contributed by atoms with Gasteiger partial charge in [0.15, 0.2) is 5.76 Å². The Morgan fingerprint density at radius 3 is 2.51 bits per heavy atom. The number of aliphatic hydroxyl groups is 1. The molecule has 7 nitrogen and oxygen atoms in total. The van der Waals surface area contributed by atoms with Crippen molar-refractivity contribution in [2.75, 3.05) is 13.1 Å². The van der Waals surface area contributed by atoms with Crippen LogP contribution in [0.2, 0.25) is 0 Å². The minimum atomic E-state index is -0.978. The SMILES string of the molecule is C[C@@H]1CC[C@H](NC(=O)C2(NC(=O)c3cc4ccccc4o3)CCCCC2)[C@@H](O)CN1CC1CCCCC1. The summed E-state index contributed by atoms with van der Waals surface area (Å²) in [4.78, 5) is 29.5. The molecule has 37 heavy (non-hydrogen) atoms. The number of hydrogen-bond acceptors (Lipinski definition) is 5. The highest BCUT2D eigenvalue weighted by Gasteiger charge is 2.43. The van der Waals surface area contributed by atoms with Crippen LogP contribution in [0.1, 0.15) is 94.5 Å². The van der Waals surface area contributed by atoms with Crippen molar-refractivity contribution < 1.29 is 19.1 Å². The van der Waals surface area contributed by atoms with Crippen molar-refractivity contribution in [3.63, 3.8) is 0 Å². The van der Waals surface area contributed by atoms with Crippen LogP contribution in [-0.4, -0.2) is 58.6 Å². The molecule has 0 unspecified atom stereocenters. The zero-order valence-electron chi connectivity index (χ0n) is 22.2. The van der Waals surface area contributed by atoms with Crippen LogP contribution in [0, 0.1) is 5.92 Å². The number of carbonyl (C=O) groups excluding carboxylic acids is 2. The number of rotatable bonds is 6. The molecule has 2 aromatic rings. The molecule has 202 valence electrons. The normalized spacial score (nSPS) is 27.5. The average molecular weight is 510 g/mol. The van der Waals surface area contributed by atoms with Crippen molar-refractivity contribution in [3.8, 4) is 0 Å².